The molecule has 0 spiro atoms. The third-order valence-electron chi connectivity index (χ3n) is 12.5. The van der Waals surface area contributed by atoms with Crippen LogP contribution in [-0.4, -0.2) is 22.7 Å². The Kier molecular flexibility index (Phi) is 12.3. The molecule has 1 aromatic heterocycles. The van der Waals surface area contributed by atoms with E-state index in [9.17, 15) is 0 Å². The maximum absolute atomic E-state index is 7.66. The number of para-hydroxylation sites is 1. The number of aromatic nitrogens is 1. The second kappa shape index (κ2) is 19.4. The van der Waals surface area contributed by atoms with E-state index >= 15 is 0 Å². The Hall–Kier alpha value is -8.34. The number of amidine groups is 1. The molecule has 0 N–H and O–H groups in total. The van der Waals surface area contributed by atoms with Gasteiger partial charge in [0.15, 0.2) is 5.84 Å². The second-order valence-electron chi connectivity index (χ2n) is 16.8. The predicted molar refractivity (Wildman–Crippen MR) is 282 cm³/mol. The molecule has 0 radical (unpaired) electrons. The van der Waals surface area contributed by atoms with Gasteiger partial charge in [0.25, 0.3) is 0 Å². The highest BCUT2D eigenvalue weighted by Crippen LogP contribution is 2.49. The number of fused-ring (bicyclic) bond motifs is 3. The molecular formula is C63H51N3O. The zero-order chi connectivity index (χ0) is 45.5. The molecule has 0 bridgehead atoms. The molecule has 2 atom stereocenters. The summed E-state index contributed by atoms with van der Waals surface area (Å²) < 4.78 is 10.2. The van der Waals surface area contributed by atoms with Gasteiger partial charge in [0.2, 0.25) is 0 Å². The molecule has 10 rings (SSSR count). The summed E-state index contributed by atoms with van der Waals surface area (Å²) in [5.74, 6) is 1.41. The average Bonchev–Trinajstić information content (AvgIpc) is 3.72. The first kappa shape index (κ1) is 42.6. The largest absolute Gasteiger partial charge is 0.482 e. The number of aliphatic imine (C=N–C) groups is 2. The monoisotopic (exact) mass is 865 g/mol. The lowest BCUT2D eigenvalue weighted by molar-refractivity contribution is 0.169. The lowest BCUT2D eigenvalue weighted by atomic mass is 9.90. The van der Waals surface area contributed by atoms with Crippen molar-refractivity contribution in [2.24, 2.45) is 9.98 Å². The van der Waals surface area contributed by atoms with Gasteiger partial charge in [-0.2, -0.15) is 0 Å². The molecule has 1 heterocycles. The third kappa shape index (κ3) is 8.78. The SMILES string of the molecule is C=C(c1ccccc1)C(C(Oc1ccccc1/C(C)=N/C(=N\CC)c1ccccc1)c1ccccc1)n1c2ccc(-c3ccccc3)cc2c2cc(-c3ccccc3)cc(-c3ccccc3)c21. The van der Waals surface area contributed by atoms with Gasteiger partial charge in [0, 0.05) is 39.5 Å². The zero-order valence-corrected chi connectivity index (χ0v) is 37.8. The molecule has 0 amide bonds. The van der Waals surface area contributed by atoms with E-state index in [1.807, 2.05) is 44.2 Å². The Labute approximate surface area is 393 Å². The van der Waals surface area contributed by atoms with Gasteiger partial charge in [-0.3, -0.25) is 4.99 Å². The fourth-order valence-corrected chi connectivity index (χ4v) is 9.32. The van der Waals surface area contributed by atoms with Gasteiger partial charge in [-0.05, 0) is 94.8 Å². The van der Waals surface area contributed by atoms with Gasteiger partial charge in [-0.15, -0.1) is 0 Å². The quantitative estimate of drug-likeness (QED) is 0.0840. The first-order valence-electron chi connectivity index (χ1n) is 23.0. The standard InChI is InChI=1S/C63H51N3O/c1-4-64-63(51-35-21-10-22-36-51)65-45(3)54-37-23-24-38-59(54)67-62(50-33-19-9-20-34-50)60(44(2)46-25-11-5-12-26-46)66-58-40-39-52(47-27-13-6-14-28-47)41-56(58)57-43-53(48-29-15-7-16-30-48)42-55(61(57)66)49-31-17-8-18-32-49/h5-43,60,62H,2,4H2,1,3H3/b64-63-,65-45+. The number of benzene rings is 9. The first-order chi connectivity index (χ1) is 33.1. The van der Waals surface area contributed by atoms with E-state index in [1.54, 1.807) is 0 Å². The first-order valence-corrected chi connectivity index (χ1v) is 23.0. The molecule has 9 aromatic carbocycles. The average molecular weight is 866 g/mol. The fraction of sp³-hybridized carbons (Fsp3) is 0.0794. The minimum Gasteiger partial charge on any atom is -0.482 e. The Morgan fingerprint density at radius 2 is 1.04 bits per heavy atom. The van der Waals surface area contributed by atoms with Crippen LogP contribution in [0.4, 0.5) is 0 Å². The van der Waals surface area contributed by atoms with Gasteiger partial charge in [-0.25, -0.2) is 4.99 Å². The highest BCUT2D eigenvalue weighted by molar-refractivity contribution is 6.16. The molecule has 0 aliphatic carbocycles. The van der Waals surface area contributed by atoms with Crippen LogP contribution in [0.2, 0.25) is 0 Å². The van der Waals surface area contributed by atoms with Crippen LogP contribution in [0, 0.1) is 0 Å². The van der Waals surface area contributed by atoms with Gasteiger partial charge < -0.3 is 9.30 Å². The molecule has 2 unspecified atom stereocenters. The van der Waals surface area contributed by atoms with Crippen molar-refractivity contribution in [3.05, 3.63) is 265 Å². The maximum atomic E-state index is 7.66. The van der Waals surface area contributed by atoms with Crippen molar-refractivity contribution in [3.63, 3.8) is 0 Å². The van der Waals surface area contributed by atoms with Crippen molar-refractivity contribution in [2.45, 2.75) is 26.0 Å². The topological polar surface area (TPSA) is 38.9 Å². The highest BCUT2D eigenvalue weighted by Gasteiger charge is 2.34. The zero-order valence-electron chi connectivity index (χ0n) is 37.8. The van der Waals surface area contributed by atoms with E-state index in [-0.39, 0.29) is 0 Å². The molecule has 0 aliphatic rings. The minimum absolute atomic E-state index is 0.454. The molecule has 67 heavy (non-hydrogen) atoms. The fourth-order valence-electron chi connectivity index (χ4n) is 9.32. The van der Waals surface area contributed by atoms with E-state index in [0.29, 0.717) is 18.1 Å². The van der Waals surface area contributed by atoms with Crippen LogP contribution in [0.5, 0.6) is 5.75 Å². The molecule has 324 valence electrons. The maximum Gasteiger partial charge on any atom is 0.154 e. The lowest BCUT2D eigenvalue weighted by Crippen LogP contribution is -2.25. The van der Waals surface area contributed by atoms with Gasteiger partial charge in [-0.1, -0.05) is 207 Å². The summed E-state index contributed by atoms with van der Waals surface area (Å²) >= 11 is 0. The van der Waals surface area contributed by atoms with Crippen LogP contribution >= 0.6 is 0 Å². The molecule has 0 saturated heterocycles. The third-order valence-corrected chi connectivity index (χ3v) is 12.5. The number of rotatable bonds is 13. The second-order valence-corrected chi connectivity index (χ2v) is 16.8. The van der Waals surface area contributed by atoms with Crippen LogP contribution < -0.4 is 4.74 Å². The molecular weight excluding hydrogens is 815 g/mol. The molecule has 10 aromatic rings. The minimum atomic E-state index is -0.564. The highest BCUT2D eigenvalue weighted by atomic mass is 16.5. The summed E-state index contributed by atoms with van der Waals surface area (Å²) in [5, 5.41) is 2.30. The van der Waals surface area contributed by atoms with Crippen molar-refractivity contribution in [2.75, 3.05) is 6.54 Å². The Balaban J connectivity index is 1.27. The molecule has 4 nitrogen and oxygen atoms in total. The van der Waals surface area contributed by atoms with Crippen molar-refractivity contribution >= 4 is 38.9 Å². The molecule has 0 aliphatic heterocycles. The van der Waals surface area contributed by atoms with E-state index in [4.69, 9.17) is 21.3 Å². The molecule has 0 fully saturated rings. The summed E-state index contributed by atoms with van der Waals surface area (Å²) in [4.78, 5) is 10.0. The Morgan fingerprint density at radius 1 is 0.522 bits per heavy atom. The van der Waals surface area contributed by atoms with Gasteiger partial charge in [0.05, 0.1) is 11.2 Å². The normalized spacial score (nSPS) is 12.8. The number of ether oxygens (including phenoxy) is 1. The van der Waals surface area contributed by atoms with Crippen LogP contribution in [0.1, 0.15) is 48.2 Å². The van der Waals surface area contributed by atoms with Crippen molar-refractivity contribution in [1.29, 1.82) is 0 Å². The van der Waals surface area contributed by atoms with Crippen LogP contribution in [-0.2, 0) is 0 Å². The van der Waals surface area contributed by atoms with Crippen LogP contribution in [0.3, 0.4) is 0 Å². The van der Waals surface area contributed by atoms with Crippen molar-refractivity contribution in [1.82, 2.24) is 4.57 Å². The van der Waals surface area contributed by atoms with Gasteiger partial charge >= 0.3 is 0 Å². The summed E-state index contributed by atoms with van der Waals surface area (Å²) in [5.41, 5.74) is 14.7. The van der Waals surface area contributed by atoms with Crippen molar-refractivity contribution < 1.29 is 4.74 Å². The predicted octanol–water partition coefficient (Wildman–Crippen LogP) is 16.1. The summed E-state index contributed by atoms with van der Waals surface area (Å²) in [6.45, 7) is 9.72. The van der Waals surface area contributed by atoms with E-state index in [0.717, 1.165) is 88.7 Å². The summed E-state index contributed by atoms with van der Waals surface area (Å²) in [7, 11) is 0. The van der Waals surface area contributed by atoms with Crippen LogP contribution in [0.25, 0.3) is 60.8 Å². The van der Waals surface area contributed by atoms with Gasteiger partial charge in [0.1, 0.15) is 17.9 Å². The Morgan fingerprint density at radius 3 is 1.67 bits per heavy atom. The number of hydrogen-bond acceptors (Lipinski definition) is 2. The molecule has 4 heteroatoms. The van der Waals surface area contributed by atoms with E-state index in [1.165, 1.54) is 0 Å². The van der Waals surface area contributed by atoms with Crippen LogP contribution in [0.15, 0.2) is 253 Å². The van der Waals surface area contributed by atoms with Crippen molar-refractivity contribution in [3.8, 4) is 39.1 Å². The summed E-state index contributed by atoms with van der Waals surface area (Å²) in [6, 6.07) is 82.9. The van der Waals surface area contributed by atoms with E-state index < -0.39 is 12.1 Å². The Bertz CT molecular complexity index is 3360. The lowest BCUT2D eigenvalue weighted by Gasteiger charge is -2.33. The van der Waals surface area contributed by atoms with E-state index in [2.05, 4.69) is 211 Å². The number of hydrogen-bond donors (Lipinski definition) is 0. The smallest absolute Gasteiger partial charge is 0.154 e. The number of nitrogens with zero attached hydrogens (tertiary/aromatic N) is 3. The molecule has 0 saturated carbocycles. The summed E-state index contributed by atoms with van der Waals surface area (Å²) in [6.07, 6.45) is -0.564.